The van der Waals surface area contributed by atoms with E-state index >= 15 is 0 Å². The first-order chi connectivity index (χ1) is 8.88. The summed E-state index contributed by atoms with van der Waals surface area (Å²) in [7, 11) is 0. The summed E-state index contributed by atoms with van der Waals surface area (Å²) in [6.45, 7) is 6.01. The Morgan fingerprint density at radius 2 is 1.61 bits per heavy atom. The molecule has 0 amide bonds. The molecule has 3 rings (SSSR count). The summed E-state index contributed by atoms with van der Waals surface area (Å²) in [5.74, 6) is 0. The molecule has 0 aromatic rings. The van der Waals surface area contributed by atoms with Crippen LogP contribution in [0.4, 0.5) is 0 Å². The molecule has 3 fully saturated rings. The molecule has 0 aromatic heterocycles. The second kappa shape index (κ2) is 5.89. The Morgan fingerprint density at radius 1 is 0.944 bits per heavy atom. The molecule has 2 unspecified atom stereocenters. The summed E-state index contributed by atoms with van der Waals surface area (Å²) >= 11 is 0. The molecule has 3 aliphatic rings. The highest BCUT2D eigenvalue weighted by Crippen LogP contribution is 2.36. The fourth-order valence-electron chi connectivity index (χ4n) is 4.38. The first kappa shape index (κ1) is 12.9. The largest absolute Gasteiger partial charge is 0.314 e. The van der Waals surface area contributed by atoms with Gasteiger partial charge in [0.1, 0.15) is 0 Å². The Labute approximate surface area is 112 Å². The second-order valence-electron chi connectivity index (χ2n) is 6.36. The summed E-state index contributed by atoms with van der Waals surface area (Å²) < 4.78 is 0. The third kappa shape index (κ3) is 2.59. The molecule has 2 atom stereocenters. The van der Waals surface area contributed by atoms with Crippen molar-refractivity contribution < 1.29 is 0 Å². The van der Waals surface area contributed by atoms with Gasteiger partial charge in [-0.3, -0.25) is 0 Å². The van der Waals surface area contributed by atoms with Gasteiger partial charge < -0.3 is 5.32 Å². The minimum absolute atomic E-state index is 0.784. The van der Waals surface area contributed by atoms with E-state index in [1.165, 1.54) is 64.5 Å². The number of hydrazine groups is 1. The molecule has 18 heavy (non-hydrogen) atoms. The van der Waals surface area contributed by atoms with Crippen LogP contribution in [0, 0.1) is 0 Å². The van der Waals surface area contributed by atoms with E-state index in [1.807, 2.05) is 0 Å². The van der Waals surface area contributed by atoms with Gasteiger partial charge in [-0.2, -0.15) is 0 Å². The van der Waals surface area contributed by atoms with E-state index in [0.717, 1.165) is 24.7 Å². The molecule has 3 heteroatoms. The molecule has 2 bridgehead atoms. The van der Waals surface area contributed by atoms with Gasteiger partial charge in [-0.05, 0) is 45.1 Å². The summed E-state index contributed by atoms with van der Waals surface area (Å²) in [5.41, 5.74) is 0. The van der Waals surface area contributed by atoms with Gasteiger partial charge in [0.05, 0.1) is 0 Å². The van der Waals surface area contributed by atoms with Crippen molar-refractivity contribution in [3.8, 4) is 0 Å². The molecule has 0 radical (unpaired) electrons. The summed E-state index contributed by atoms with van der Waals surface area (Å²) in [5, 5.41) is 9.22. The van der Waals surface area contributed by atoms with Crippen molar-refractivity contribution in [3.05, 3.63) is 0 Å². The highest BCUT2D eigenvalue weighted by Gasteiger charge is 2.40. The smallest absolute Gasteiger partial charge is 0.0263 e. The average Bonchev–Trinajstić information content (AvgIpc) is 2.39. The van der Waals surface area contributed by atoms with Gasteiger partial charge in [-0.1, -0.05) is 19.8 Å². The quantitative estimate of drug-likeness (QED) is 0.831. The van der Waals surface area contributed by atoms with Crippen LogP contribution in [0.15, 0.2) is 0 Å². The topological polar surface area (TPSA) is 18.5 Å². The van der Waals surface area contributed by atoms with Gasteiger partial charge in [0, 0.05) is 31.2 Å². The van der Waals surface area contributed by atoms with Gasteiger partial charge in [0.25, 0.3) is 0 Å². The number of fused-ring (bicyclic) bond motifs is 2. The van der Waals surface area contributed by atoms with Crippen LogP contribution in [0.2, 0.25) is 0 Å². The number of piperidine rings is 3. The molecular weight excluding hydrogens is 222 g/mol. The standard InChI is InChI=1S/C15H29N3/c1-2-16-13-11-14-7-6-8-15(12-13)18(14)17-9-4-3-5-10-17/h13-16H,2-12H2,1H3. The molecule has 0 aromatic carbocycles. The SMILES string of the molecule is CCNC1CC2CCCC(C1)N2N1CCCCC1. The lowest BCUT2D eigenvalue weighted by atomic mass is 9.83. The van der Waals surface area contributed by atoms with E-state index in [4.69, 9.17) is 0 Å². The molecule has 3 aliphatic heterocycles. The zero-order chi connectivity index (χ0) is 12.4. The molecular formula is C15H29N3. The Bertz CT molecular complexity index is 248. The maximum absolute atomic E-state index is 3.69. The summed E-state index contributed by atoms with van der Waals surface area (Å²) in [4.78, 5) is 0. The number of nitrogens with one attached hydrogen (secondary N) is 1. The van der Waals surface area contributed by atoms with Crippen LogP contribution in [0.3, 0.4) is 0 Å². The third-order valence-electron chi connectivity index (χ3n) is 5.09. The van der Waals surface area contributed by atoms with E-state index in [1.54, 1.807) is 0 Å². The highest BCUT2D eigenvalue weighted by molar-refractivity contribution is 4.94. The number of hydrogen-bond acceptors (Lipinski definition) is 3. The minimum atomic E-state index is 0.784. The van der Waals surface area contributed by atoms with Gasteiger partial charge in [-0.25, -0.2) is 10.0 Å². The van der Waals surface area contributed by atoms with E-state index in [2.05, 4.69) is 22.3 Å². The molecule has 3 saturated heterocycles. The maximum atomic E-state index is 3.69. The van der Waals surface area contributed by atoms with E-state index < -0.39 is 0 Å². The van der Waals surface area contributed by atoms with Crippen LogP contribution >= 0.6 is 0 Å². The van der Waals surface area contributed by atoms with E-state index in [0.29, 0.717) is 0 Å². The third-order valence-corrected chi connectivity index (χ3v) is 5.09. The molecule has 0 spiro atoms. The van der Waals surface area contributed by atoms with Crippen LogP contribution in [0.1, 0.15) is 58.3 Å². The van der Waals surface area contributed by atoms with Crippen LogP contribution in [0.25, 0.3) is 0 Å². The van der Waals surface area contributed by atoms with Gasteiger partial charge >= 0.3 is 0 Å². The number of hydrogen-bond donors (Lipinski definition) is 1. The average molecular weight is 251 g/mol. The lowest BCUT2D eigenvalue weighted by Gasteiger charge is -2.54. The monoisotopic (exact) mass is 251 g/mol. The lowest BCUT2D eigenvalue weighted by molar-refractivity contribution is -0.146. The number of nitrogens with zero attached hydrogens (tertiary/aromatic N) is 2. The molecule has 1 N–H and O–H groups in total. The Hall–Kier alpha value is -0.120. The Balaban J connectivity index is 1.67. The predicted octanol–water partition coefficient (Wildman–Crippen LogP) is 2.38. The van der Waals surface area contributed by atoms with Crippen LogP contribution in [0.5, 0.6) is 0 Å². The van der Waals surface area contributed by atoms with Gasteiger partial charge in [0.15, 0.2) is 0 Å². The molecule has 104 valence electrons. The van der Waals surface area contributed by atoms with Gasteiger partial charge in [-0.15, -0.1) is 0 Å². The van der Waals surface area contributed by atoms with Crippen molar-refractivity contribution in [1.29, 1.82) is 0 Å². The molecule has 3 nitrogen and oxygen atoms in total. The normalized spacial score (nSPS) is 38.8. The number of rotatable bonds is 3. The van der Waals surface area contributed by atoms with Crippen molar-refractivity contribution in [2.75, 3.05) is 19.6 Å². The predicted molar refractivity (Wildman–Crippen MR) is 75.4 cm³/mol. The molecule has 0 saturated carbocycles. The second-order valence-corrected chi connectivity index (χ2v) is 6.36. The fraction of sp³-hybridized carbons (Fsp3) is 1.00. The van der Waals surface area contributed by atoms with Crippen LogP contribution < -0.4 is 5.32 Å². The fourth-order valence-corrected chi connectivity index (χ4v) is 4.38. The van der Waals surface area contributed by atoms with Crippen LogP contribution in [-0.4, -0.2) is 47.8 Å². The first-order valence-corrected chi connectivity index (χ1v) is 8.15. The maximum Gasteiger partial charge on any atom is 0.0263 e. The van der Waals surface area contributed by atoms with Crippen molar-refractivity contribution in [2.45, 2.75) is 76.4 Å². The minimum Gasteiger partial charge on any atom is -0.314 e. The molecule has 3 heterocycles. The van der Waals surface area contributed by atoms with Gasteiger partial charge in [0.2, 0.25) is 0 Å². The summed E-state index contributed by atoms with van der Waals surface area (Å²) in [6.07, 6.45) is 11.3. The molecule has 0 aliphatic carbocycles. The van der Waals surface area contributed by atoms with E-state index in [9.17, 15) is 0 Å². The van der Waals surface area contributed by atoms with E-state index in [-0.39, 0.29) is 0 Å². The highest BCUT2D eigenvalue weighted by atomic mass is 15.7. The zero-order valence-electron chi connectivity index (χ0n) is 11.9. The zero-order valence-corrected chi connectivity index (χ0v) is 11.9. The van der Waals surface area contributed by atoms with Crippen molar-refractivity contribution in [2.24, 2.45) is 0 Å². The Kier molecular flexibility index (Phi) is 4.22. The van der Waals surface area contributed by atoms with Crippen molar-refractivity contribution >= 4 is 0 Å². The summed E-state index contributed by atoms with van der Waals surface area (Å²) in [6, 6.07) is 2.45. The lowest BCUT2D eigenvalue weighted by Crippen LogP contribution is -2.63. The van der Waals surface area contributed by atoms with Crippen LogP contribution in [-0.2, 0) is 0 Å². The first-order valence-electron chi connectivity index (χ1n) is 8.15. The Morgan fingerprint density at radius 3 is 2.22 bits per heavy atom. The van der Waals surface area contributed by atoms with Crippen molar-refractivity contribution in [3.63, 3.8) is 0 Å². The van der Waals surface area contributed by atoms with Crippen molar-refractivity contribution in [1.82, 2.24) is 15.3 Å².